The monoisotopic (exact) mass is 438 g/mol. The Morgan fingerprint density at radius 2 is 1.93 bits per heavy atom. The highest BCUT2D eigenvalue weighted by molar-refractivity contribution is 6.35. The maximum Gasteiger partial charge on any atom is 0.254 e. The summed E-state index contributed by atoms with van der Waals surface area (Å²) in [6.07, 6.45) is 1.21. The van der Waals surface area contributed by atoms with Crippen molar-refractivity contribution in [2.24, 2.45) is 0 Å². The van der Waals surface area contributed by atoms with Crippen molar-refractivity contribution in [3.63, 3.8) is 0 Å². The Bertz CT molecular complexity index is 926. The molecule has 0 saturated carbocycles. The van der Waals surface area contributed by atoms with Gasteiger partial charge in [0.25, 0.3) is 5.91 Å². The van der Waals surface area contributed by atoms with Crippen LogP contribution in [0.15, 0.2) is 28.8 Å². The second-order valence-electron chi connectivity index (χ2n) is 6.88. The minimum atomic E-state index is -0.646. The molecule has 1 N–H and O–H groups in total. The predicted octanol–water partition coefficient (Wildman–Crippen LogP) is 2.99. The van der Waals surface area contributed by atoms with Crippen LogP contribution in [0.5, 0.6) is 0 Å². The molecule has 3 amide bonds. The van der Waals surface area contributed by atoms with Crippen LogP contribution in [0.25, 0.3) is 0 Å². The van der Waals surface area contributed by atoms with Gasteiger partial charge in [-0.15, -0.1) is 0 Å². The Balaban J connectivity index is 1.65. The number of likely N-dealkylation sites (N-methyl/N-ethyl adjacent to an activating group) is 1. The van der Waals surface area contributed by atoms with E-state index in [0.717, 1.165) is 0 Å². The molecule has 29 heavy (non-hydrogen) atoms. The summed E-state index contributed by atoms with van der Waals surface area (Å²) in [7, 11) is 1.52. The molecule has 0 bridgehead atoms. The van der Waals surface area contributed by atoms with E-state index in [-0.39, 0.29) is 24.2 Å². The summed E-state index contributed by atoms with van der Waals surface area (Å²) in [6, 6.07) is 5.51. The van der Waals surface area contributed by atoms with Gasteiger partial charge < -0.3 is 19.6 Å². The number of likely N-dealkylation sites (tertiary alicyclic amines) is 1. The van der Waals surface area contributed by atoms with E-state index in [0.29, 0.717) is 40.8 Å². The molecule has 2 aromatic rings. The van der Waals surface area contributed by atoms with E-state index in [1.807, 2.05) is 0 Å². The van der Waals surface area contributed by atoms with Crippen LogP contribution in [0.4, 0.5) is 5.82 Å². The Labute approximate surface area is 177 Å². The van der Waals surface area contributed by atoms with Crippen molar-refractivity contribution in [1.29, 1.82) is 0 Å². The number of nitrogens with one attached hydrogen (secondary N) is 1. The SMILES string of the molecule is Cc1cc(NC(=O)CN(C)C(=O)C2CCCN2C(=O)c2cc(Cl)cc(Cl)c2)no1. The number of hydrogen-bond donors (Lipinski definition) is 1. The van der Waals surface area contributed by atoms with E-state index in [2.05, 4.69) is 10.5 Å². The second-order valence-corrected chi connectivity index (χ2v) is 7.75. The van der Waals surface area contributed by atoms with Gasteiger partial charge in [0.2, 0.25) is 11.8 Å². The first-order valence-electron chi connectivity index (χ1n) is 9.00. The van der Waals surface area contributed by atoms with Crippen LogP contribution < -0.4 is 5.32 Å². The highest BCUT2D eigenvalue weighted by Gasteiger charge is 2.36. The number of anilines is 1. The fraction of sp³-hybridized carbons (Fsp3) is 0.368. The van der Waals surface area contributed by atoms with Gasteiger partial charge in [-0.2, -0.15) is 0 Å². The van der Waals surface area contributed by atoms with Crippen molar-refractivity contribution in [3.8, 4) is 0 Å². The third-order valence-corrected chi connectivity index (χ3v) is 5.00. The summed E-state index contributed by atoms with van der Waals surface area (Å²) in [5.41, 5.74) is 0.323. The van der Waals surface area contributed by atoms with Gasteiger partial charge in [-0.05, 0) is 38.0 Å². The molecule has 0 aliphatic carbocycles. The van der Waals surface area contributed by atoms with Crippen molar-refractivity contribution in [1.82, 2.24) is 15.0 Å². The van der Waals surface area contributed by atoms with Gasteiger partial charge in [0.1, 0.15) is 11.8 Å². The minimum absolute atomic E-state index is 0.174. The third-order valence-electron chi connectivity index (χ3n) is 4.56. The van der Waals surface area contributed by atoms with Crippen molar-refractivity contribution in [2.75, 3.05) is 25.5 Å². The molecule has 8 nitrogen and oxygen atoms in total. The van der Waals surface area contributed by atoms with E-state index in [1.54, 1.807) is 13.0 Å². The van der Waals surface area contributed by atoms with Crippen LogP contribution in [0.3, 0.4) is 0 Å². The maximum absolute atomic E-state index is 12.9. The number of hydrogen-bond acceptors (Lipinski definition) is 5. The van der Waals surface area contributed by atoms with Crippen LogP contribution in [-0.2, 0) is 9.59 Å². The molecule has 1 aliphatic heterocycles. The molecule has 1 saturated heterocycles. The quantitative estimate of drug-likeness (QED) is 0.773. The largest absolute Gasteiger partial charge is 0.360 e. The highest BCUT2D eigenvalue weighted by atomic mass is 35.5. The Morgan fingerprint density at radius 3 is 2.55 bits per heavy atom. The Morgan fingerprint density at radius 1 is 1.24 bits per heavy atom. The van der Waals surface area contributed by atoms with E-state index in [1.165, 1.54) is 35.0 Å². The highest BCUT2D eigenvalue weighted by Crippen LogP contribution is 2.25. The fourth-order valence-corrected chi connectivity index (χ4v) is 3.79. The maximum atomic E-state index is 12.9. The van der Waals surface area contributed by atoms with Crippen molar-refractivity contribution < 1.29 is 18.9 Å². The third kappa shape index (κ3) is 5.07. The average Bonchev–Trinajstić information content (AvgIpc) is 3.28. The Hall–Kier alpha value is -2.58. The van der Waals surface area contributed by atoms with Gasteiger partial charge in [-0.3, -0.25) is 14.4 Å². The van der Waals surface area contributed by atoms with Gasteiger partial charge in [-0.1, -0.05) is 28.4 Å². The lowest BCUT2D eigenvalue weighted by molar-refractivity contribution is -0.136. The molecule has 2 heterocycles. The molecule has 1 aromatic carbocycles. The molecular formula is C19H20Cl2N4O4. The van der Waals surface area contributed by atoms with E-state index < -0.39 is 11.9 Å². The summed E-state index contributed by atoms with van der Waals surface area (Å²) < 4.78 is 4.89. The second kappa shape index (κ2) is 8.84. The number of amides is 3. The zero-order valence-electron chi connectivity index (χ0n) is 15.9. The molecule has 1 aliphatic rings. The van der Waals surface area contributed by atoms with Gasteiger partial charge in [0, 0.05) is 35.3 Å². The summed E-state index contributed by atoms with van der Waals surface area (Å²) in [5, 5.41) is 6.94. The predicted molar refractivity (Wildman–Crippen MR) is 108 cm³/mol. The zero-order chi connectivity index (χ0) is 21.1. The molecule has 0 radical (unpaired) electrons. The van der Waals surface area contributed by atoms with Crippen LogP contribution in [0.1, 0.15) is 29.0 Å². The molecule has 0 spiro atoms. The lowest BCUT2D eigenvalue weighted by Gasteiger charge is -2.28. The van der Waals surface area contributed by atoms with Gasteiger partial charge in [0.15, 0.2) is 5.82 Å². The van der Waals surface area contributed by atoms with Crippen LogP contribution in [-0.4, -0.2) is 58.9 Å². The smallest absolute Gasteiger partial charge is 0.254 e. The zero-order valence-corrected chi connectivity index (χ0v) is 17.5. The van der Waals surface area contributed by atoms with E-state index in [9.17, 15) is 14.4 Å². The number of carbonyl (C=O) groups is 3. The Kier molecular flexibility index (Phi) is 6.44. The molecule has 3 rings (SSSR count). The minimum Gasteiger partial charge on any atom is -0.360 e. The number of halogens is 2. The molecule has 1 aromatic heterocycles. The summed E-state index contributed by atoms with van der Waals surface area (Å²) in [4.78, 5) is 40.7. The van der Waals surface area contributed by atoms with Gasteiger partial charge >= 0.3 is 0 Å². The average molecular weight is 439 g/mol. The first kappa shape index (κ1) is 21.1. The number of aryl methyl sites for hydroxylation is 1. The standard InChI is InChI=1S/C19H20Cl2N4O4/c1-11-6-16(23-29-11)22-17(26)10-24(2)19(28)15-4-3-5-25(15)18(27)12-7-13(20)9-14(21)8-12/h6-9,15H,3-5,10H2,1-2H3,(H,22,23,26). The first-order valence-corrected chi connectivity index (χ1v) is 9.75. The van der Waals surface area contributed by atoms with Crippen LogP contribution in [0.2, 0.25) is 10.0 Å². The van der Waals surface area contributed by atoms with Gasteiger partial charge in [0.05, 0.1) is 6.54 Å². The molecular weight excluding hydrogens is 419 g/mol. The van der Waals surface area contributed by atoms with Crippen molar-refractivity contribution in [3.05, 3.63) is 45.6 Å². The number of carbonyl (C=O) groups excluding carboxylic acids is 3. The summed E-state index contributed by atoms with van der Waals surface area (Å²) in [5.74, 6) is -0.196. The number of benzene rings is 1. The van der Waals surface area contributed by atoms with Crippen molar-refractivity contribution in [2.45, 2.75) is 25.8 Å². The molecule has 1 unspecified atom stereocenters. The van der Waals surface area contributed by atoms with E-state index in [4.69, 9.17) is 27.7 Å². The topological polar surface area (TPSA) is 95.8 Å². The van der Waals surface area contributed by atoms with E-state index >= 15 is 0 Å². The molecule has 1 fully saturated rings. The lowest BCUT2D eigenvalue weighted by Crippen LogP contribution is -2.48. The fourth-order valence-electron chi connectivity index (χ4n) is 3.27. The van der Waals surface area contributed by atoms with Crippen LogP contribution >= 0.6 is 23.2 Å². The number of nitrogens with zero attached hydrogens (tertiary/aromatic N) is 3. The summed E-state index contributed by atoms with van der Waals surface area (Å²) >= 11 is 12.0. The number of aromatic nitrogens is 1. The van der Waals surface area contributed by atoms with Crippen molar-refractivity contribution >= 4 is 46.7 Å². The van der Waals surface area contributed by atoms with Crippen LogP contribution in [0, 0.1) is 6.92 Å². The summed E-state index contributed by atoms with van der Waals surface area (Å²) in [6.45, 7) is 1.97. The first-order chi connectivity index (χ1) is 13.7. The normalized spacial score (nSPS) is 16.0. The van der Waals surface area contributed by atoms with Gasteiger partial charge in [-0.25, -0.2) is 0 Å². The lowest BCUT2D eigenvalue weighted by atomic mass is 10.1. The molecule has 10 heteroatoms. The number of rotatable bonds is 5. The molecule has 154 valence electrons. The molecule has 1 atom stereocenters.